The third kappa shape index (κ3) is 2.86. The van der Waals surface area contributed by atoms with Crippen LogP contribution in [0.15, 0.2) is 6.20 Å². The van der Waals surface area contributed by atoms with Crippen molar-refractivity contribution >= 4 is 5.78 Å². The second-order valence-electron chi connectivity index (χ2n) is 5.78. The number of hydrogen-bond acceptors (Lipinski definition) is 4. The van der Waals surface area contributed by atoms with Crippen molar-refractivity contribution in [2.24, 2.45) is 0 Å². The van der Waals surface area contributed by atoms with Crippen molar-refractivity contribution < 1.29 is 4.79 Å². The van der Waals surface area contributed by atoms with Gasteiger partial charge in [0.05, 0.1) is 11.7 Å². The molecule has 1 aliphatic heterocycles. The lowest BCUT2D eigenvalue weighted by Crippen LogP contribution is -2.52. The second-order valence-corrected chi connectivity index (χ2v) is 5.78. The number of carbonyl (C=O) groups excluding carboxylic acids is 1. The molecule has 1 aromatic heterocycles. The summed E-state index contributed by atoms with van der Waals surface area (Å²) in [5.41, 5.74) is 0.172. The first kappa shape index (κ1) is 14.2. The Bertz CT molecular complexity index is 432. The largest absolute Gasteiger partial charge is 0.291 e. The van der Waals surface area contributed by atoms with Gasteiger partial charge in [-0.25, -0.2) is 4.68 Å². The van der Waals surface area contributed by atoms with E-state index < -0.39 is 5.54 Å². The second kappa shape index (κ2) is 5.82. The fraction of sp³-hybridized carbons (Fsp3) is 0.786. The third-order valence-electron chi connectivity index (χ3n) is 3.99. The molecule has 1 aromatic rings. The molecule has 0 N–H and O–H groups in total. The first-order valence-electron chi connectivity index (χ1n) is 7.25. The van der Waals surface area contributed by atoms with E-state index in [0.29, 0.717) is 5.69 Å². The average molecular weight is 264 g/mol. The van der Waals surface area contributed by atoms with Crippen LogP contribution < -0.4 is 0 Å². The molecular weight excluding hydrogens is 240 g/mol. The zero-order valence-corrected chi connectivity index (χ0v) is 12.2. The molecule has 1 fully saturated rings. The molecule has 1 saturated heterocycles. The maximum absolute atomic E-state index is 12.8. The summed E-state index contributed by atoms with van der Waals surface area (Å²) in [5, 5.41) is 7.91. The first-order chi connectivity index (χ1) is 9.07. The molecule has 0 unspecified atom stereocenters. The number of ketones is 1. The quantitative estimate of drug-likeness (QED) is 0.765. The van der Waals surface area contributed by atoms with Crippen LogP contribution in [0.25, 0.3) is 0 Å². The van der Waals surface area contributed by atoms with Gasteiger partial charge in [0.15, 0.2) is 0 Å². The minimum atomic E-state index is -0.465. The number of aromatic nitrogens is 3. The number of hydrogen-bond donors (Lipinski definition) is 0. The Kier molecular flexibility index (Phi) is 4.34. The molecule has 2 heterocycles. The summed E-state index contributed by atoms with van der Waals surface area (Å²) in [6, 6.07) is 0. The van der Waals surface area contributed by atoms with Crippen molar-refractivity contribution in [3.05, 3.63) is 11.9 Å². The highest BCUT2D eigenvalue weighted by Gasteiger charge is 2.37. The molecule has 0 aliphatic carbocycles. The van der Waals surface area contributed by atoms with E-state index in [1.165, 1.54) is 19.3 Å². The fourth-order valence-corrected chi connectivity index (χ4v) is 2.72. The highest BCUT2D eigenvalue weighted by molar-refractivity contribution is 6.01. The van der Waals surface area contributed by atoms with Crippen LogP contribution in [-0.2, 0) is 6.54 Å². The van der Waals surface area contributed by atoms with E-state index in [-0.39, 0.29) is 5.78 Å². The molecule has 2 rings (SSSR count). The Morgan fingerprint density at radius 3 is 2.63 bits per heavy atom. The van der Waals surface area contributed by atoms with E-state index in [4.69, 9.17) is 0 Å². The third-order valence-corrected chi connectivity index (χ3v) is 3.99. The van der Waals surface area contributed by atoms with E-state index in [2.05, 4.69) is 22.1 Å². The van der Waals surface area contributed by atoms with E-state index >= 15 is 0 Å². The van der Waals surface area contributed by atoms with E-state index in [1.807, 2.05) is 13.8 Å². The molecule has 0 bridgehead atoms. The lowest BCUT2D eigenvalue weighted by Gasteiger charge is -2.39. The molecule has 5 nitrogen and oxygen atoms in total. The predicted octanol–water partition coefficient (Wildman–Crippen LogP) is 2.14. The number of nitrogens with zero attached hydrogens (tertiary/aromatic N) is 4. The summed E-state index contributed by atoms with van der Waals surface area (Å²) < 4.78 is 1.73. The summed E-state index contributed by atoms with van der Waals surface area (Å²) in [7, 11) is 0. The van der Waals surface area contributed by atoms with Gasteiger partial charge in [0.1, 0.15) is 5.69 Å². The topological polar surface area (TPSA) is 51.0 Å². The van der Waals surface area contributed by atoms with Crippen LogP contribution in [0.5, 0.6) is 0 Å². The number of carbonyl (C=O) groups is 1. The van der Waals surface area contributed by atoms with Gasteiger partial charge >= 0.3 is 0 Å². The van der Waals surface area contributed by atoms with Crippen molar-refractivity contribution in [3.63, 3.8) is 0 Å². The van der Waals surface area contributed by atoms with Crippen molar-refractivity contribution in [1.29, 1.82) is 0 Å². The minimum Gasteiger partial charge on any atom is -0.291 e. The molecule has 0 spiro atoms. The lowest BCUT2D eigenvalue weighted by atomic mass is 9.92. The highest BCUT2D eigenvalue weighted by atomic mass is 16.1. The Morgan fingerprint density at radius 1 is 1.32 bits per heavy atom. The van der Waals surface area contributed by atoms with Crippen molar-refractivity contribution in [3.8, 4) is 0 Å². The summed E-state index contributed by atoms with van der Waals surface area (Å²) >= 11 is 0. The molecule has 0 radical (unpaired) electrons. The van der Waals surface area contributed by atoms with E-state index in [9.17, 15) is 4.79 Å². The SMILES string of the molecule is CCCn1nncc1C(=O)C(C)(C)N1CCCCC1. The molecule has 0 amide bonds. The first-order valence-corrected chi connectivity index (χ1v) is 7.25. The molecule has 1 aliphatic rings. The van der Waals surface area contributed by atoms with Gasteiger partial charge in [-0.2, -0.15) is 0 Å². The summed E-state index contributed by atoms with van der Waals surface area (Å²) in [6.45, 7) is 8.87. The number of likely N-dealkylation sites (tertiary alicyclic amines) is 1. The van der Waals surface area contributed by atoms with Crippen molar-refractivity contribution in [2.45, 2.75) is 58.5 Å². The summed E-state index contributed by atoms with van der Waals surface area (Å²) in [5.74, 6) is 0.132. The molecule has 0 saturated carbocycles. The number of rotatable bonds is 5. The Balaban J connectivity index is 2.18. The minimum absolute atomic E-state index is 0.132. The maximum Gasteiger partial charge on any atom is 0.202 e. The Labute approximate surface area is 115 Å². The molecule has 0 atom stereocenters. The number of aryl methyl sites for hydroxylation is 1. The van der Waals surface area contributed by atoms with Gasteiger partial charge < -0.3 is 0 Å². The normalized spacial score (nSPS) is 17.6. The van der Waals surface area contributed by atoms with Crippen molar-refractivity contribution in [2.75, 3.05) is 13.1 Å². The van der Waals surface area contributed by atoms with Gasteiger partial charge in [-0.3, -0.25) is 9.69 Å². The van der Waals surface area contributed by atoms with E-state index in [0.717, 1.165) is 26.1 Å². The van der Waals surface area contributed by atoms with Crippen LogP contribution in [0.4, 0.5) is 0 Å². The van der Waals surface area contributed by atoms with Crippen LogP contribution in [0.3, 0.4) is 0 Å². The van der Waals surface area contributed by atoms with Gasteiger partial charge in [-0.1, -0.05) is 18.6 Å². The smallest absolute Gasteiger partial charge is 0.202 e. The predicted molar refractivity (Wildman–Crippen MR) is 74.1 cm³/mol. The van der Waals surface area contributed by atoms with Gasteiger partial charge in [0, 0.05) is 6.54 Å². The zero-order chi connectivity index (χ0) is 13.9. The van der Waals surface area contributed by atoms with Gasteiger partial charge in [-0.15, -0.1) is 5.10 Å². The highest BCUT2D eigenvalue weighted by Crippen LogP contribution is 2.24. The summed E-state index contributed by atoms with van der Waals surface area (Å²) in [4.78, 5) is 15.1. The average Bonchev–Trinajstić information content (AvgIpc) is 2.87. The van der Waals surface area contributed by atoms with Crippen LogP contribution >= 0.6 is 0 Å². The van der Waals surface area contributed by atoms with Crippen LogP contribution in [0.2, 0.25) is 0 Å². The molecule has 0 aromatic carbocycles. The van der Waals surface area contributed by atoms with Gasteiger partial charge in [0.2, 0.25) is 5.78 Å². The lowest BCUT2D eigenvalue weighted by molar-refractivity contribution is 0.0568. The van der Waals surface area contributed by atoms with Crippen LogP contribution in [-0.4, -0.2) is 44.3 Å². The Morgan fingerprint density at radius 2 is 2.00 bits per heavy atom. The Hall–Kier alpha value is -1.23. The number of piperidine rings is 1. The fourth-order valence-electron chi connectivity index (χ4n) is 2.72. The zero-order valence-electron chi connectivity index (χ0n) is 12.2. The van der Waals surface area contributed by atoms with E-state index in [1.54, 1.807) is 10.9 Å². The maximum atomic E-state index is 12.8. The number of Topliss-reactive ketones (excluding diaryl/α,β-unsaturated/α-hetero) is 1. The molecular formula is C14H24N4O. The van der Waals surface area contributed by atoms with Crippen molar-refractivity contribution in [1.82, 2.24) is 19.9 Å². The van der Waals surface area contributed by atoms with Gasteiger partial charge in [-0.05, 0) is 46.2 Å². The summed E-state index contributed by atoms with van der Waals surface area (Å²) in [6.07, 6.45) is 6.19. The molecule has 5 heteroatoms. The van der Waals surface area contributed by atoms with Gasteiger partial charge in [0.25, 0.3) is 0 Å². The molecule has 19 heavy (non-hydrogen) atoms. The standard InChI is InChI=1S/C14H24N4O/c1-4-8-18-12(11-15-16-18)13(19)14(2,3)17-9-6-5-7-10-17/h11H,4-10H2,1-3H3. The van der Waals surface area contributed by atoms with Crippen LogP contribution in [0.1, 0.15) is 56.9 Å². The van der Waals surface area contributed by atoms with Crippen LogP contribution in [0, 0.1) is 0 Å². The monoisotopic (exact) mass is 264 g/mol. The molecule has 106 valence electrons.